The van der Waals surface area contributed by atoms with Gasteiger partial charge in [0.05, 0.1) is 0 Å². The normalized spacial score (nSPS) is 26.4. The fourth-order valence-electron chi connectivity index (χ4n) is 3.50. The van der Waals surface area contributed by atoms with Gasteiger partial charge in [0.1, 0.15) is 6.04 Å². The van der Waals surface area contributed by atoms with E-state index in [4.69, 9.17) is 0 Å². The Morgan fingerprint density at radius 2 is 1.76 bits per heavy atom. The van der Waals surface area contributed by atoms with Crippen LogP contribution in [0.3, 0.4) is 0 Å². The van der Waals surface area contributed by atoms with Crippen LogP contribution in [-0.2, 0) is 14.4 Å². The van der Waals surface area contributed by atoms with Crippen LogP contribution in [0.15, 0.2) is 0 Å². The molecule has 5 nitrogen and oxygen atoms in total. The van der Waals surface area contributed by atoms with E-state index in [2.05, 4.69) is 5.32 Å². The van der Waals surface area contributed by atoms with Crippen LogP contribution >= 0.6 is 0 Å². The highest BCUT2D eigenvalue weighted by atomic mass is 16.2. The molecule has 1 saturated heterocycles. The molecule has 0 spiro atoms. The lowest BCUT2D eigenvalue weighted by atomic mass is 10.1. The third-order valence-corrected chi connectivity index (χ3v) is 5.03. The Balaban J connectivity index is 1.52. The highest BCUT2D eigenvalue weighted by Gasteiger charge is 2.41. The average Bonchev–Trinajstić information content (AvgIpc) is 3.00. The van der Waals surface area contributed by atoms with Crippen LogP contribution in [0.5, 0.6) is 0 Å². The van der Waals surface area contributed by atoms with Crippen LogP contribution < -0.4 is 5.32 Å². The second-order valence-corrected chi connectivity index (χ2v) is 6.77. The van der Waals surface area contributed by atoms with Crippen molar-refractivity contribution in [2.24, 2.45) is 11.8 Å². The minimum absolute atomic E-state index is 0.0313. The van der Waals surface area contributed by atoms with Gasteiger partial charge in [0, 0.05) is 19.5 Å². The first kappa shape index (κ1) is 14.5. The van der Waals surface area contributed by atoms with E-state index in [1.807, 2.05) is 0 Å². The van der Waals surface area contributed by atoms with Gasteiger partial charge in [-0.25, -0.2) is 0 Å². The zero-order valence-corrected chi connectivity index (χ0v) is 12.5. The summed E-state index contributed by atoms with van der Waals surface area (Å²) in [6, 6.07) is -0.512. The van der Waals surface area contributed by atoms with Gasteiger partial charge in [-0.05, 0) is 43.9 Å². The largest absolute Gasteiger partial charge is 0.349 e. The third-order valence-electron chi connectivity index (χ3n) is 5.03. The van der Waals surface area contributed by atoms with Crippen LogP contribution in [0.4, 0.5) is 0 Å². The molecule has 5 heteroatoms. The molecule has 1 atom stereocenters. The van der Waals surface area contributed by atoms with E-state index in [9.17, 15) is 14.4 Å². The Labute approximate surface area is 125 Å². The molecule has 3 aliphatic rings. The van der Waals surface area contributed by atoms with Crippen molar-refractivity contribution in [2.45, 2.75) is 57.4 Å². The maximum Gasteiger partial charge on any atom is 0.289 e. The predicted octanol–water partition coefficient (Wildman–Crippen LogP) is 1.26. The highest BCUT2D eigenvalue weighted by Crippen LogP contribution is 2.33. The first-order chi connectivity index (χ1) is 10.1. The van der Waals surface area contributed by atoms with E-state index in [1.165, 1.54) is 12.8 Å². The zero-order valence-electron chi connectivity index (χ0n) is 12.5. The van der Waals surface area contributed by atoms with Crippen LogP contribution in [0, 0.1) is 11.8 Å². The molecule has 1 N–H and O–H groups in total. The Morgan fingerprint density at radius 1 is 1.05 bits per heavy atom. The highest BCUT2D eigenvalue weighted by molar-refractivity contribution is 6.38. The molecule has 1 heterocycles. The monoisotopic (exact) mass is 292 g/mol. The molecule has 2 saturated carbocycles. The standard InChI is InChI=1S/C16H24N2O3/c19-14-8-7-13(18(14)10-12-5-6-12)15(20)16(21)17-9-11-3-1-2-4-11/h11-13H,1-10H2,(H,17,21). The molecule has 21 heavy (non-hydrogen) atoms. The summed E-state index contributed by atoms with van der Waals surface area (Å²) >= 11 is 0. The van der Waals surface area contributed by atoms with Crippen molar-refractivity contribution in [3.63, 3.8) is 0 Å². The molecule has 0 radical (unpaired) electrons. The molecule has 3 rings (SSSR count). The minimum Gasteiger partial charge on any atom is -0.349 e. The molecule has 3 fully saturated rings. The Morgan fingerprint density at radius 3 is 2.43 bits per heavy atom. The van der Waals surface area contributed by atoms with Gasteiger partial charge in [0.15, 0.2) is 0 Å². The predicted molar refractivity (Wildman–Crippen MR) is 77.4 cm³/mol. The van der Waals surface area contributed by atoms with Crippen molar-refractivity contribution < 1.29 is 14.4 Å². The maximum absolute atomic E-state index is 12.3. The SMILES string of the molecule is O=C(NCC1CCCC1)C(=O)C1CCC(=O)N1CC1CC1. The van der Waals surface area contributed by atoms with Crippen LogP contribution in [0.2, 0.25) is 0 Å². The van der Waals surface area contributed by atoms with E-state index >= 15 is 0 Å². The molecule has 0 bridgehead atoms. The van der Waals surface area contributed by atoms with E-state index < -0.39 is 17.7 Å². The number of carbonyl (C=O) groups excluding carboxylic acids is 3. The summed E-state index contributed by atoms with van der Waals surface area (Å²) in [4.78, 5) is 37.9. The third kappa shape index (κ3) is 3.44. The second kappa shape index (κ2) is 6.16. The maximum atomic E-state index is 12.3. The van der Waals surface area contributed by atoms with Gasteiger partial charge in [-0.3, -0.25) is 14.4 Å². The summed E-state index contributed by atoms with van der Waals surface area (Å²) in [5.41, 5.74) is 0. The number of carbonyl (C=O) groups is 3. The van der Waals surface area contributed by atoms with Gasteiger partial charge in [-0.15, -0.1) is 0 Å². The number of hydrogen-bond donors (Lipinski definition) is 1. The molecule has 1 unspecified atom stereocenters. The number of amides is 2. The number of ketones is 1. The van der Waals surface area contributed by atoms with Crippen molar-refractivity contribution in [3.8, 4) is 0 Å². The van der Waals surface area contributed by atoms with Crippen molar-refractivity contribution in [1.82, 2.24) is 10.2 Å². The molecular weight excluding hydrogens is 268 g/mol. The van der Waals surface area contributed by atoms with Crippen molar-refractivity contribution in [3.05, 3.63) is 0 Å². The molecule has 116 valence electrons. The average molecular weight is 292 g/mol. The van der Waals surface area contributed by atoms with Crippen molar-refractivity contribution >= 4 is 17.6 Å². The first-order valence-electron chi connectivity index (χ1n) is 8.26. The Bertz CT molecular complexity index is 439. The smallest absolute Gasteiger partial charge is 0.289 e. The minimum atomic E-state index is -0.512. The fourth-order valence-corrected chi connectivity index (χ4v) is 3.50. The van der Waals surface area contributed by atoms with E-state index in [-0.39, 0.29) is 5.91 Å². The van der Waals surface area contributed by atoms with Gasteiger partial charge in [-0.2, -0.15) is 0 Å². The van der Waals surface area contributed by atoms with Crippen LogP contribution in [-0.4, -0.2) is 41.6 Å². The topological polar surface area (TPSA) is 66.5 Å². The van der Waals surface area contributed by atoms with Crippen LogP contribution in [0.1, 0.15) is 51.4 Å². The van der Waals surface area contributed by atoms with Crippen molar-refractivity contribution in [1.29, 1.82) is 0 Å². The van der Waals surface area contributed by atoms with Gasteiger partial charge in [0.25, 0.3) is 5.91 Å². The number of nitrogens with one attached hydrogen (secondary N) is 1. The number of rotatable bonds is 6. The quantitative estimate of drug-likeness (QED) is 0.750. The van der Waals surface area contributed by atoms with Gasteiger partial charge in [-0.1, -0.05) is 12.8 Å². The van der Waals surface area contributed by atoms with E-state index in [0.717, 1.165) is 25.7 Å². The summed E-state index contributed by atoms with van der Waals surface area (Å²) < 4.78 is 0. The molecule has 1 aliphatic heterocycles. The number of likely N-dealkylation sites (tertiary alicyclic amines) is 1. The van der Waals surface area contributed by atoms with Gasteiger partial charge < -0.3 is 10.2 Å². The van der Waals surface area contributed by atoms with E-state index in [1.54, 1.807) is 4.90 Å². The summed E-state index contributed by atoms with van der Waals surface area (Å²) in [6.07, 6.45) is 7.91. The lowest BCUT2D eigenvalue weighted by molar-refractivity contribution is -0.142. The number of nitrogens with zero attached hydrogens (tertiary/aromatic N) is 1. The summed E-state index contributed by atoms with van der Waals surface area (Å²) in [5.74, 6) is 0.184. The Kier molecular flexibility index (Phi) is 4.27. The van der Waals surface area contributed by atoms with E-state index in [0.29, 0.717) is 37.8 Å². The number of Topliss-reactive ketones (excluding diaryl/α,β-unsaturated/α-hetero) is 1. The van der Waals surface area contributed by atoms with Crippen LogP contribution in [0.25, 0.3) is 0 Å². The van der Waals surface area contributed by atoms with Gasteiger partial charge in [0.2, 0.25) is 11.7 Å². The molecule has 0 aromatic rings. The lowest BCUT2D eigenvalue weighted by Gasteiger charge is -2.23. The molecule has 0 aromatic heterocycles. The fraction of sp³-hybridized carbons (Fsp3) is 0.812. The number of hydrogen-bond acceptors (Lipinski definition) is 3. The first-order valence-corrected chi connectivity index (χ1v) is 8.26. The molecule has 2 amide bonds. The Hall–Kier alpha value is -1.39. The summed E-state index contributed by atoms with van der Waals surface area (Å²) in [5, 5.41) is 2.78. The second-order valence-electron chi connectivity index (χ2n) is 6.77. The van der Waals surface area contributed by atoms with Crippen molar-refractivity contribution in [2.75, 3.05) is 13.1 Å². The molecule has 2 aliphatic carbocycles. The summed E-state index contributed by atoms with van der Waals surface area (Å²) in [7, 11) is 0. The summed E-state index contributed by atoms with van der Waals surface area (Å²) in [6.45, 7) is 1.26. The zero-order chi connectivity index (χ0) is 14.8. The van der Waals surface area contributed by atoms with Gasteiger partial charge >= 0.3 is 0 Å². The molecule has 0 aromatic carbocycles. The lowest BCUT2D eigenvalue weighted by Crippen LogP contribution is -2.47. The molecular formula is C16H24N2O3.